The van der Waals surface area contributed by atoms with Gasteiger partial charge in [-0.1, -0.05) is 32.0 Å². The zero-order chi connectivity index (χ0) is 24.3. The van der Waals surface area contributed by atoms with Crippen molar-refractivity contribution in [2.45, 2.75) is 33.7 Å². The Morgan fingerprint density at radius 2 is 1.61 bits per heavy atom. The molecule has 2 aromatic carbocycles. The largest absolute Gasteiger partial charge is 0.326 e. The third-order valence-corrected chi connectivity index (χ3v) is 5.10. The van der Waals surface area contributed by atoms with Crippen LogP contribution in [-0.4, -0.2) is 21.6 Å². The number of benzene rings is 2. The van der Waals surface area contributed by atoms with Crippen LogP contribution in [0.1, 0.15) is 32.4 Å². The van der Waals surface area contributed by atoms with Gasteiger partial charge < -0.3 is 10.6 Å². The standard InChI is InChI=1S/C24H24F2N4O3/c1-13(2)23(32)27-20-12-16(9-8-14(20)3)19-10-11-21(31)30(29-19)15(4)24(33)28-22-17(25)6-5-7-18(22)26/h5-13,15H,1-4H3,(H,27,32)(H,28,33)/t15-/m0/s1. The van der Waals surface area contributed by atoms with Crippen LogP contribution in [0.25, 0.3) is 11.3 Å². The van der Waals surface area contributed by atoms with Crippen molar-refractivity contribution in [1.82, 2.24) is 9.78 Å². The second-order valence-electron chi connectivity index (χ2n) is 7.94. The number of carbonyl (C=O) groups excluding carboxylic acids is 2. The minimum absolute atomic E-state index is 0.140. The first-order chi connectivity index (χ1) is 15.6. The molecule has 7 nitrogen and oxygen atoms in total. The Balaban J connectivity index is 1.91. The van der Waals surface area contributed by atoms with Gasteiger partial charge in [0.15, 0.2) is 0 Å². The average Bonchev–Trinajstić information content (AvgIpc) is 2.77. The van der Waals surface area contributed by atoms with Crippen molar-refractivity contribution in [3.8, 4) is 11.3 Å². The number of anilines is 2. The molecule has 0 aliphatic rings. The highest BCUT2D eigenvalue weighted by atomic mass is 19.1. The van der Waals surface area contributed by atoms with E-state index in [1.54, 1.807) is 32.0 Å². The van der Waals surface area contributed by atoms with E-state index in [4.69, 9.17) is 0 Å². The summed E-state index contributed by atoms with van der Waals surface area (Å²) in [6, 6.07) is 10.1. The van der Waals surface area contributed by atoms with E-state index in [2.05, 4.69) is 15.7 Å². The highest BCUT2D eigenvalue weighted by Crippen LogP contribution is 2.25. The maximum Gasteiger partial charge on any atom is 0.267 e. The Kier molecular flexibility index (Phi) is 7.01. The van der Waals surface area contributed by atoms with E-state index in [0.717, 1.165) is 22.4 Å². The number of amides is 2. The van der Waals surface area contributed by atoms with E-state index in [0.29, 0.717) is 16.9 Å². The maximum atomic E-state index is 13.9. The molecule has 2 amide bonds. The lowest BCUT2D eigenvalue weighted by Gasteiger charge is -2.16. The van der Waals surface area contributed by atoms with Crippen LogP contribution in [-0.2, 0) is 9.59 Å². The minimum atomic E-state index is -1.15. The molecule has 1 heterocycles. The van der Waals surface area contributed by atoms with Crippen molar-refractivity contribution in [2.24, 2.45) is 5.92 Å². The van der Waals surface area contributed by atoms with Gasteiger partial charge in [0, 0.05) is 23.2 Å². The number of nitrogens with one attached hydrogen (secondary N) is 2. The maximum absolute atomic E-state index is 13.9. The molecule has 0 saturated heterocycles. The van der Waals surface area contributed by atoms with Crippen molar-refractivity contribution < 1.29 is 18.4 Å². The molecule has 0 fully saturated rings. The monoisotopic (exact) mass is 454 g/mol. The average molecular weight is 454 g/mol. The molecule has 0 bridgehead atoms. The second-order valence-corrected chi connectivity index (χ2v) is 7.94. The molecular weight excluding hydrogens is 430 g/mol. The molecule has 0 spiro atoms. The highest BCUT2D eigenvalue weighted by molar-refractivity contribution is 5.94. The van der Waals surface area contributed by atoms with Crippen molar-refractivity contribution in [2.75, 3.05) is 10.6 Å². The summed E-state index contributed by atoms with van der Waals surface area (Å²) in [6.07, 6.45) is 0. The molecule has 1 atom stereocenters. The van der Waals surface area contributed by atoms with E-state index in [1.807, 2.05) is 6.92 Å². The first kappa shape index (κ1) is 23.8. The van der Waals surface area contributed by atoms with Gasteiger partial charge in [0.05, 0.1) is 5.69 Å². The Morgan fingerprint density at radius 3 is 2.24 bits per heavy atom. The first-order valence-corrected chi connectivity index (χ1v) is 10.3. The molecule has 3 rings (SSSR count). The number of hydrogen-bond donors (Lipinski definition) is 2. The van der Waals surface area contributed by atoms with Crippen molar-refractivity contribution >= 4 is 23.2 Å². The molecule has 0 radical (unpaired) electrons. The second kappa shape index (κ2) is 9.72. The van der Waals surface area contributed by atoms with E-state index in [-0.39, 0.29) is 11.8 Å². The lowest BCUT2D eigenvalue weighted by molar-refractivity contribution is -0.119. The van der Waals surface area contributed by atoms with Gasteiger partial charge in [-0.05, 0) is 43.7 Å². The quantitative estimate of drug-likeness (QED) is 0.581. The predicted octanol–water partition coefficient (Wildman–Crippen LogP) is 4.29. The number of aryl methyl sites for hydroxylation is 1. The van der Waals surface area contributed by atoms with Gasteiger partial charge in [-0.2, -0.15) is 5.10 Å². The Morgan fingerprint density at radius 1 is 0.939 bits per heavy atom. The Labute approximate surface area is 189 Å². The summed E-state index contributed by atoms with van der Waals surface area (Å²) in [5.41, 5.74) is 1.29. The van der Waals surface area contributed by atoms with Gasteiger partial charge in [0.2, 0.25) is 11.8 Å². The molecule has 33 heavy (non-hydrogen) atoms. The highest BCUT2D eigenvalue weighted by Gasteiger charge is 2.21. The third-order valence-electron chi connectivity index (χ3n) is 5.10. The van der Waals surface area contributed by atoms with Gasteiger partial charge in [-0.15, -0.1) is 0 Å². The van der Waals surface area contributed by atoms with Crippen LogP contribution in [0.3, 0.4) is 0 Å². The SMILES string of the molecule is Cc1ccc(-c2ccc(=O)n([C@@H](C)C(=O)Nc3c(F)cccc3F)n2)cc1NC(=O)C(C)C. The Bertz CT molecular complexity index is 1250. The number of halogens is 2. The number of carbonyl (C=O) groups is 2. The summed E-state index contributed by atoms with van der Waals surface area (Å²) in [4.78, 5) is 37.1. The summed E-state index contributed by atoms with van der Waals surface area (Å²) in [6.45, 7) is 6.81. The summed E-state index contributed by atoms with van der Waals surface area (Å²) in [7, 11) is 0. The normalized spacial score (nSPS) is 11.8. The van der Waals surface area contributed by atoms with Crippen LogP contribution >= 0.6 is 0 Å². The molecule has 2 N–H and O–H groups in total. The molecular formula is C24H24F2N4O3. The lowest BCUT2D eigenvalue weighted by atomic mass is 10.1. The molecule has 1 aromatic heterocycles. The molecule has 3 aromatic rings. The first-order valence-electron chi connectivity index (χ1n) is 10.3. The summed E-state index contributed by atoms with van der Waals surface area (Å²) in [5, 5.41) is 9.31. The summed E-state index contributed by atoms with van der Waals surface area (Å²) < 4.78 is 28.7. The molecule has 0 aliphatic heterocycles. The molecule has 172 valence electrons. The molecule has 0 saturated carbocycles. The van der Waals surface area contributed by atoms with E-state index >= 15 is 0 Å². The van der Waals surface area contributed by atoms with E-state index in [1.165, 1.54) is 25.1 Å². The summed E-state index contributed by atoms with van der Waals surface area (Å²) in [5.74, 6) is -3.01. The van der Waals surface area contributed by atoms with Crippen LogP contribution in [0.4, 0.5) is 20.2 Å². The van der Waals surface area contributed by atoms with Crippen molar-refractivity contribution in [1.29, 1.82) is 0 Å². The van der Waals surface area contributed by atoms with Crippen molar-refractivity contribution in [3.05, 3.63) is 76.1 Å². The van der Waals surface area contributed by atoms with Gasteiger partial charge in [-0.25, -0.2) is 13.5 Å². The van der Waals surface area contributed by atoms with E-state index < -0.39 is 34.8 Å². The zero-order valence-electron chi connectivity index (χ0n) is 18.6. The fraction of sp³-hybridized carbons (Fsp3) is 0.250. The zero-order valence-corrected chi connectivity index (χ0v) is 18.6. The van der Waals surface area contributed by atoms with Crippen LogP contribution in [0.15, 0.2) is 53.3 Å². The number of aromatic nitrogens is 2. The van der Waals surface area contributed by atoms with Gasteiger partial charge in [0.25, 0.3) is 5.56 Å². The van der Waals surface area contributed by atoms with Crippen LogP contribution in [0.5, 0.6) is 0 Å². The number of rotatable bonds is 6. The number of para-hydroxylation sites is 1. The molecule has 0 aliphatic carbocycles. The fourth-order valence-electron chi connectivity index (χ4n) is 3.01. The predicted molar refractivity (Wildman–Crippen MR) is 122 cm³/mol. The summed E-state index contributed by atoms with van der Waals surface area (Å²) >= 11 is 0. The van der Waals surface area contributed by atoms with Gasteiger partial charge in [-0.3, -0.25) is 14.4 Å². The van der Waals surface area contributed by atoms with E-state index in [9.17, 15) is 23.2 Å². The van der Waals surface area contributed by atoms with Crippen molar-refractivity contribution in [3.63, 3.8) is 0 Å². The van der Waals surface area contributed by atoms with Gasteiger partial charge in [0.1, 0.15) is 23.4 Å². The minimum Gasteiger partial charge on any atom is -0.326 e. The molecule has 0 unspecified atom stereocenters. The Hall–Kier alpha value is -3.88. The number of nitrogens with zero attached hydrogens (tertiary/aromatic N) is 2. The smallest absolute Gasteiger partial charge is 0.267 e. The lowest BCUT2D eigenvalue weighted by Crippen LogP contribution is -2.33. The number of hydrogen-bond acceptors (Lipinski definition) is 4. The fourth-order valence-corrected chi connectivity index (χ4v) is 3.01. The topological polar surface area (TPSA) is 93.1 Å². The van der Waals surface area contributed by atoms with Gasteiger partial charge >= 0.3 is 0 Å². The van der Waals surface area contributed by atoms with Crippen LogP contribution in [0.2, 0.25) is 0 Å². The van der Waals surface area contributed by atoms with Crippen LogP contribution < -0.4 is 16.2 Å². The van der Waals surface area contributed by atoms with Crippen LogP contribution in [0, 0.1) is 24.5 Å². The third kappa shape index (κ3) is 5.31. The molecule has 9 heteroatoms.